The average Bonchev–Trinajstić information content (AvgIpc) is 2.41. The van der Waals surface area contributed by atoms with Crippen LogP contribution in [0.4, 0.5) is 0 Å². The second-order valence-electron chi connectivity index (χ2n) is 4.68. The molecular weight excluding hydrogens is 244 g/mol. The molecule has 1 fully saturated rings. The van der Waals surface area contributed by atoms with Crippen LogP contribution in [0, 0.1) is 16.7 Å². The third-order valence-electron chi connectivity index (χ3n) is 3.23. The van der Waals surface area contributed by atoms with Crippen LogP contribution < -0.4 is 14.8 Å². The lowest BCUT2D eigenvalue weighted by atomic mass is 9.88. The fourth-order valence-electron chi connectivity index (χ4n) is 1.99. The standard InChI is InChI=1S/C14H18N2O3/c1-17-12-4-3-11(5-13(12)18-2)6-16-8-14(7-15)9-19-10-14/h3-5,16H,6,8-10H2,1-2H3. The summed E-state index contributed by atoms with van der Waals surface area (Å²) in [5.41, 5.74) is 0.738. The SMILES string of the molecule is COc1ccc(CNCC2(C#N)COC2)cc1OC. The van der Waals surface area contributed by atoms with E-state index in [1.165, 1.54) is 0 Å². The van der Waals surface area contributed by atoms with E-state index in [1.54, 1.807) is 14.2 Å². The first kappa shape index (κ1) is 13.7. The Morgan fingerprint density at radius 2 is 2.05 bits per heavy atom. The summed E-state index contributed by atoms with van der Waals surface area (Å²) in [5.74, 6) is 1.43. The highest BCUT2D eigenvalue weighted by molar-refractivity contribution is 5.42. The summed E-state index contributed by atoms with van der Waals surface area (Å²) < 4.78 is 15.5. The largest absolute Gasteiger partial charge is 0.493 e. The number of benzene rings is 1. The maximum Gasteiger partial charge on any atom is 0.161 e. The van der Waals surface area contributed by atoms with Crippen LogP contribution in [-0.2, 0) is 11.3 Å². The van der Waals surface area contributed by atoms with Gasteiger partial charge in [0.25, 0.3) is 0 Å². The maximum absolute atomic E-state index is 9.08. The predicted octanol–water partition coefficient (Wildman–Crippen LogP) is 1.33. The highest BCUT2D eigenvalue weighted by atomic mass is 16.5. The van der Waals surface area contributed by atoms with Gasteiger partial charge < -0.3 is 19.5 Å². The minimum Gasteiger partial charge on any atom is -0.493 e. The zero-order valence-corrected chi connectivity index (χ0v) is 11.2. The Balaban J connectivity index is 1.91. The van der Waals surface area contributed by atoms with Crippen molar-refractivity contribution in [2.75, 3.05) is 34.0 Å². The quantitative estimate of drug-likeness (QED) is 0.838. The fraction of sp³-hybridized carbons (Fsp3) is 0.500. The summed E-state index contributed by atoms with van der Waals surface area (Å²) in [4.78, 5) is 0. The summed E-state index contributed by atoms with van der Waals surface area (Å²) in [6.45, 7) is 2.35. The molecule has 1 aromatic rings. The fourth-order valence-corrected chi connectivity index (χ4v) is 1.99. The highest BCUT2D eigenvalue weighted by Gasteiger charge is 2.38. The Morgan fingerprint density at radius 3 is 2.58 bits per heavy atom. The normalized spacial score (nSPS) is 16.3. The van der Waals surface area contributed by atoms with E-state index in [4.69, 9.17) is 19.5 Å². The lowest BCUT2D eigenvalue weighted by Crippen LogP contribution is -2.48. The van der Waals surface area contributed by atoms with E-state index in [1.807, 2.05) is 18.2 Å². The number of nitrogens with one attached hydrogen (secondary N) is 1. The molecule has 0 aromatic heterocycles. The minimum absolute atomic E-state index is 0.351. The number of rotatable bonds is 6. The number of nitrogens with zero attached hydrogens (tertiary/aromatic N) is 1. The molecule has 1 N–H and O–H groups in total. The van der Waals surface area contributed by atoms with Gasteiger partial charge >= 0.3 is 0 Å². The van der Waals surface area contributed by atoms with Gasteiger partial charge in [0.1, 0.15) is 5.41 Å². The van der Waals surface area contributed by atoms with E-state index in [0.29, 0.717) is 37.8 Å². The van der Waals surface area contributed by atoms with Crippen LogP contribution in [0.15, 0.2) is 18.2 Å². The zero-order valence-electron chi connectivity index (χ0n) is 11.2. The predicted molar refractivity (Wildman–Crippen MR) is 70.1 cm³/mol. The molecule has 0 radical (unpaired) electrons. The molecule has 5 nitrogen and oxygen atoms in total. The lowest BCUT2D eigenvalue weighted by molar-refractivity contribution is -0.0755. The van der Waals surface area contributed by atoms with Gasteiger partial charge in [-0.1, -0.05) is 6.07 Å². The third-order valence-corrected chi connectivity index (χ3v) is 3.23. The van der Waals surface area contributed by atoms with Gasteiger partial charge in [-0.3, -0.25) is 0 Å². The summed E-state index contributed by atoms with van der Waals surface area (Å²) >= 11 is 0. The van der Waals surface area contributed by atoms with Crippen molar-refractivity contribution in [2.24, 2.45) is 5.41 Å². The van der Waals surface area contributed by atoms with E-state index in [-0.39, 0.29) is 5.41 Å². The molecule has 0 amide bonds. The molecule has 1 heterocycles. The van der Waals surface area contributed by atoms with Crippen molar-refractivity contribution in [2.45, 2.75) is 6.54 Å². The summed E-state index contributed by atoms with van der Waals surface area (Å²) in [7, 11) is 3.23. The number of hydrogen-bond acceptors (Lipinski definition) is 5. The van der Waals surface area contributed by atoms with Gasteiger partial charge in [0.2, 0.25) is 0 Å². The molecule has 1 aliphatic heterocycles. The number of methoxy groups -OCH3 is 2. The second-order valence-corrected chi connectivity index (χ2v) is 4.68. The number of nitriles is 1. The van der Waals surface area contributed by atoms with Gasteiger partial charge in [0.05, 0.1) is 33.5 Å². The molecule has 102 valence electrons. The van der Waals surface area contributed by atoms with E-state index in [2.05, 4.69) is 11.4 Å². The molecule has 0 spiro atoms. The van der Waals surface area contributed by atoms with Crippen molar-refractivity contribution >= 4 is 0 Å². The van der Waals surface area contributed by atoms with Crippen LogP contribution >= 0.6 is 0 Å². The number of ether oxygens (including phenoxy) is 3. The van der Waals surface area contributed by atoms with E-state index >= 15 is 0 Å². The van der Waals surface area contributed by atoms with Crippen molar-refractivity contribution in [1.82, 2.24) is 5.32 Å². The van der Waals surface area contributed by atoms with Gasteiger partial charge in [-0.2, -0.15) is 5.26 Å². The van der Waals surface area contributed by atoms with E-state index < -0.39 is 0 Å². The lowest BCUT2D eigenvalue weighted by Gasteiger charge is -2.35. The summed E-state index contributed by atoms with van der Waals surface area (Å²) in [6, 6.07) is 8.10. The Kier molecular flexibility index (Phi) is 4.25. The van der Waals surface area contributed by atoms with Crippen molar-refractivity contribution in [3.05, 3.63) is 23.8 Å². The molecule has 0 aliphatic carbocycles. The monoisotopic (exact) mass is 262 g/mol. The molecule has 1 aliphatic rings. The molecule has 5 heteroatoms. The van der Waals surface area contributed by atoms with Gasteiger partial charge in [0, 0.05) is 13.1 Å². The Labute approximate surface area is 113 Å². The van der Waals surface area contributed by atoms with Crippen LogP contribution in [0.2, 0.25) is 0 Å². The van der Waals surface area contributed by atoms with Crippen molar-refractivity contribution in [3.8, 4) is 17.6 Å². The van der Waals surface area contributed by atoms with Crippen LogP contribution in [-0.4, -0.2) is 34.0 Å². The molecular formula is C14H18N2O3. The molecule has 0 bridgehead atoms. The maximum atomic E-state index is 9.08. The van der Waals surface area contributed by atoms with Gasteiger partial charge in [-0.25, -0.2) is 0 Å². The first-order valence-electron chi connectivity index (χ1n) is 6.14. The minimum atomic E-state index is -0.351. The topological polar surface area (TPSA) is 63.5 Å². The molecule has 1 saturated heterocycles. The third kappa shape index (κ3) is 2.98. The molecule has 1 aromatic carbocycles. The van der Waals surface area contributed by atoms with Crippen LogP contribution in [0.1, 0.15) is 5.56 Å². The van der Waals surface area contributed by atoms with E-state index in [9.17, 15) is 0 Å². The van der Waals surface area contributed by atoms with E-state index in [0.717, 1.165) is 5.56 Å². The number of hydrogen-bond donors (Lipinski definition) is 1. The molecule has 0 unspecified atom stereocenters. The van der Waals surface area contributed by atoms with Crippen molar-refractivity contribution in [1.29, 1.82) is 5.26 Å². The zero-order chi connectivity index (χ0) is 13.7. The Morgan fingerprint density at radius 1 is 1.32 bits per heavy atom. The molecule has 2 rings (SSSR count). The molecule has 0 saturated carbocycles. The molecule has 0 atom stereocenters. The average molecular weight is 262 g/mol. The van der Waals surface area contributed by atoms with Gasteiger partial charge in [0.15, 0.2) is 11.5 Å². The van der Waals surface area contributed by atoms with Crippen LogP contribution in [0.5, 0.6) is 11.5 Å². The summed E-state index contributed by atoms with van der Waals surface area (Å²) in [5, 5.41) is 12.4. The first-order valence-corrected chi connectivity index (χ1v) is 6.14. The Bertz CT molecular complexity index is 478. The first-order chi connectivity index (χ1) is 9.23. The highest BCUT2D eigenvalue weighted by Crippen LogP contribution is 2.28. The van der Waals surface area contributed by atoms with Crippen LogP contribution in [0.25, 0.3) is 0 Å². The van der Waals surface area contributed by atoms with Crippen molar-refractivity contribution < 1.29 is 14.2 Å². The van der Waals surface area contributed by atoms with Gasteiger partial charge in [-0.05, 0) is 17.7 Å². The Hall–Kier alpha value is -1.77. The van der Waals surface area contributed by atoms with Crippen molar-refractivity contribution in [3.63, 3.8) is 0 Å². The van der Waals surface area contributed by atoms with Gasteiger partial charge in [-0.15, -0.1) is 0 Å². The second kappa shape index (κ2) is 5.91. The molecule has 19 heavy (non-hydrogen) atoms. The summed E-state index contributed by atoms with van der Waals surface area (Å²) in [6.07, 6.45) is 0. The smallest absolute Gasteiger partial charge is 0.161 e. The van der Waals surface area contributed by atoms with Crippen LogP contribution in [0.3, 0.4) is 0 Å².